The van der Waals surface area contributed by atoms with Crippen molar-refractivity contribution in [1.29, 1.82) is 5.26 Å². The highest BCUT2D eigenvalue weighted by atomic mass is 35.5. The number of ether oxygens (including phenoxy) is 3. The van der Waals surface area contributed by atoms with Gasteiger partial charge < -0.3 is 29.3 Å². The van der Waals surface area contributed by atoms with Crippen LogP contribution in [0.1, 0.15) is 59.9 Å². The Hall–Kier alpha value is -4.66. The van der Waals surface area contributed by atoms with E-state index in [4.69, 9.17) is 25.8 Å². The Balaban J connectivity index is 1.16. The molecule has 2 aliphatic heterocycles. The molecule has 2 saturated heterocycles. The lowest BCUT2D eigenvalue weighted by Gasteiger charge is -2.33. The van der Waals surface area contributed by atoms with Crippen LogP contribution in [0, 0.1) is 18.3 Å². The summed E-state index contributed by atoms with van der Waals surface area (Å²) in [7, 11) is 0. The van der Waals surface area contributed by atoms with Crippen LogP contribution in [0.3, 0.4) is 0 Å². The van der Waals surface area contributed by atoms with Gasteiger partial charge in [0.1, 0.15) is 42.6 Å². The normalized spacial score (nSPS) is 17.8. The van der Waals surface area contributed by atoms with Crippen LogP contribution < -0.4 is 14.2 Å². The van der Waals surface area contributed by atoms with Gasteiger partial charge in [0.25, 0.3) is 0 Å². The quantitative estimate of drug-likeness (QED) is 0.124. The number of aliphatic hydroxyl groups is 1. The number of aliphatic carboxylic acids is 1. The first-order chi connectivity index (χ1) is 25.3. The van der Waals surface area contributed by atoms with E-state index in [0.717, 1.165) is 84.4 Å². The van der Waals surface area contributed by atoms with Gasteiger partial charge in [-0.1, -0.05) is 48.4 Å². The van der Waals surface area contributed by atoms with Gasteiger partial charge in [-0.05, 0) is 85.7 Å². The Morgan fingerprint density at radius 2 is 1.83 bits per heavy atom. The average molecular weight is 725 g/mol. The number of aliphatic hydroxyl groups excluding tert-OH is 1. The van der Waals surface area contributed by atoms with Crippen molar-refractivity contribution in [3.8, 4) is 34.4 Å². The van der Waals surface area contributed by atoms with Crippen LogP contribution in [-0.4, -0.2) is 75.9 Å². The van der Waals surface area contributed by atoms with Gasteiger partial charge in [0, 0.05) is 55.8 Å². The largest absolute Gasteiger partial charge is 0.494 e. The highest BCUT2D eigenvalue weighted by Crippen LogP contribution is 2.36. The lowest BCUT2D eigenvalue weighted by molar-refractivity contribution is -0.144. The van der Waals surface area contributed by atoms with Crippen molar-refractivity contribution in [2.45, 2.75) is 70.9 Å². The molecule has 6 rings (SSSR count). The van der Waals surface area contributed by atoms with Crippen LogP contribution in [0.25, 0.3) is 11.1 Å². The molecule has 0 radical (unpaired) electrons. The summed E-state index contributed by atoms with van der Waals surface area (Å²) >= 11 is 6.83. The smallest absolute Gasteiger partial charge is 0.320 e. The molecule has 52 heavy (non-hydrogen) atoms. The van der Waals surface area contributed by atoms with Gasteiger partial charge in [-0.3, -0.25) is 14.7 Å². The van der Waals surface area contributed by atoms with Crippen molar-refractivity contribution in [3.63, 3.8) is 0 Å². The molecule has 2 fully saturated rings. The Labute approximate surface area is 310 Å². The van der Waals surface area contributed by atoms with Crippen LogP contribution in [0.4, 0.5) is 0 Å². The predicted octanol–water partition coefficient (Wildman–Crippen LogP) is 7.01. The van der Waals surface area contributed by atoms with Crippen LogP contribution in [-0.2, 0) is 24.6 Å². The van der Waals surface area contributed by atoms with E-state index in [-0.39, 0.29) is 19.3 Å². The minimum Gasteiger partial charge on any atom is -0.494 e. The molecule has 2 N–H and O–H groups in total. The number of aromatic nitrogens is 1. The second-order valence-corrected chi connectivity index (χ2v) is 14.0. The number of rotatable bonds is 15. The number of hydrogen-bond acceptors (Lipinski definition) is 9. The summed E-state index contributed by atoms with van der Waals surface area (Å²) in [4.78, 5) is 20.4. The number of carbonyl (C=O) groups is 1. The summed E-state index contributed by atoms with van der Waals surface area (Å²) in [6, 6.07) is 21.1. The number of piperidine rings is 1. The number of nitrogens with zero attached hydrogens (tertiary/aromatic N) is 4. The van der Waals surface area contributed by atoms with Crippen molar-refractivity contribution >= 4 is 17.6 Å². The lowest BCUT2D eigenvalue weighted by Crippen LogP contribution is -2.44. The Bertz CT molecular complexity index is 1900. The van der Waals surface area contributed by atoms with Gasteiger partial charge in [0.15, 0.2) is 0 Å². The topological polar surface area (TPSA) is 128 Å². The monoisotopic (exact) mass is 724 g/mol. The van der Waals surface area contributed by atoms with E-state index < -0.39 is 12.0 Å². The predicted molar refractivity (Wildman–Crippen MR) is 199 cm³/mol. The second kappa shape index (κ2) is 17.7. The third kappa shape index (κ3) is 9.60. The number of carboxylic acid groups (broad SMARTS) is 1. The fourth-order valence-corrected chi connectivity index (χ4v) is 7.21. The molecule has 11 heteroatoms. The van der Waals surface area contributed by atoms with Gasteiger partial charge in [0.2, 0.25) is 0 Å². The number of β-amino-alcohol motifs (C(OH)–C–C–N with tert-alkyl or cyclic N) is 1. The molecule has 2 unspecified atom stereocenters. The van der Waals surface area contributed by atoms with Crippen molar-refractivity contribution in [3.05, 3.63) is 106 Å². The molecule has 3 aromatic carbocycles. The van der Waals surface area contributed by atoms with Gasteiger partial charge >= 0.3 is 5.97 Å². The summed E-state index contributed by atoms with van der Waals surface area (Å²) in [5, 5.41) is 29.4. The Kier molecular flexibility index (Phi) is 12.6. The molecule has 0 saturated carbocycles. The molecule has 272 valence electrons. The van der Waals surface area contributed by atoms with Crippen LogP contribution in [0.5, 0.6) is 17.2 Å². The van der Waals surface area contributed by atoms with Gasteiger partial charge in [-0.2, -0.15) is 5.26 Å². The first-order valence-corrected chi connectivity index (χ1v) is 18.3. The Morgan fingerprint density at radius 3 is 2.63 bits per heavy atom. The van der Waals surface area contributed by atoms with Gasteiger partial charge in [-0.25, -0.2) is 0 Å². The molecule has 0 spiro atoms. The number of pyridine rings is 1. The number of benzene rings is 3. The van der Waals surface area contributed by atoms with E-state index in [0.29, 0.717) is 48.2 Å². The molecule has 1 aromatic heterocycles. The molecule has 2 aliphatic rings. The number of carboxylic acids is 1. The number of nitriles is 1. The Morgan fingerprint density at radius 1 is 0.981 bits per heavy atom. The van der Waals surface area contributed by atoms with Crippen molar-refractivity contribution in [2.24, 2.45) is 0 Å². The molecule has 10 nitrogen and oxygen atoms in total. The zero-order chi connectivity index (χ0) is 36.5. The summed E-state index contributed by atoms with van der Waals surface area (Å²) in [6.07, 6.45) is 7.06. The summed E-state index contributed by atoms with van der Waals surface area (Å²) < 4.78 is 18.7. The standard InChI is InChI=1S/C41H45ClN4O6/c1-28-32(8-5-10-36(28)31-7-4-9-35(18-31)50-16-6-13-45-15-12-34(47)25-45)27-52-40-20-39(51-26-30-17-29(21-43)22-44-23-30)33(19-37(40)42)24-46-14-3-2-11-38(46)41(48)49/h4-5,7-10,17-20,22-23,34,38,47H,2-3,6,11-16,24-27H2,1H3,(H,48,49). The molecule has 0 bridgehead atoms. The van der Waals surface area contributed by atoms with Crippen LogP contribution in [0.2, 0.25) is 5.02 Å². The lowest BCUT2D eigenvalue weighted by atomic mass is 9.96. The minimum absolute atomic E-state index is 0.158. The highest BCUT2D eigenvalue weighted by Gasteiger charge is 2.29. The van der Waals surface area contributed by atoms with E-state index in [1.807, 2.05) is 29.2 Å². The molecular weight excluding hydrogens is 680 g/mol. The molecule has 0 aliphatic carbocycles. The minimum atomic E-state index is -0.834. The van der Waals surface area contributed by atoms with Crippen molar-refractivity contribution < 1.29 is 29.2 Å². The molecule has 3 heterocycles. The molecular formula is C41H45ClN4O6. The average Bonchev–Trinajstić information content (AvgIpc) is 3.58. The van der Waals surface area contributed by atoms with E-state index >= 15 is 0 Å². The van der Waals surface area contributed by atoms with Crippen molar-refractivity contribution in [1.82, 2.24) is 14.8 Å². The number of halogens is 1. The van der Waals surface area contributed by atoms with E-state index in [9.17, 15) is 20.3 Å². The highest BCUT2D eigenvalue weighted by molar-refractivity contribution is 6.32. The van der Waals surface area contributed by atoms with Crippen molar-refractivity contribution in [2.75, 3.05) is 32.8 Å². The third-order valence-corrected chi connectivity index (χ3v) is 10.1. The maximum absolute atomic E-state index is 12.0. The third-order valence-electron chi connectivity index (χ3n) is 9.81. The van der Waals surface area contributed by atoms with Crippen LogP contribution in [0.15, 0.2) is 73.1 Å². The molecule has 0 amide bonds. The number of hydrogen-bond donors (Lipinski definition) is 2. The number of likely N-dealkylation sites (tertiary alicyclic amines) is 2. The summed E-state index contributed by atoms with van der Waals surface area (Å²) in [6.45, 7) is 6.72. The van der Waals surface area contributed by atoms with Gasteiger partial charge in [-0.15, -0.1) is 0 Å². The molecule has 2 atom stereocenters. The summed E-state index contributed by atoms with van der Waals surface area (Å²) in [5.41, 5.74) is 6.11. The summed E-state index contributed by atoms with van der Waals surface area (Å²) in [5.74, 6) is 0.950. The second-order valence-electron chi connectivity index (χ2n) is 13.5. The molecule has 4 aromatic rings. The zero-order valence-electron chi connectivity index (χ0n) is 29.5. The SMILES string of the molecule is Cc1c(COc2cc(OCc3cncc(C#N)c3)c(CN3CCCCC3C(=O)O)cc2Cl)cccc1-c1cccc(OCCCN2CCC(O)C2)c1. The maximum atomic E-state index is 12.0. The van der Waals surface area contributed by atoms with E-state index in [1.54, 1.807) is 24.4 Å². The first-order valence-electron chi connectivity index (χ1n) is 17.9. The van der Waals surface area contributed by atoms with Gasteiger partial charge in [0.05, 0.1) is 23.3 Å². The maximum Gasteiger partial charge on any atom is 0.320 e. The van der Waals surface area contributed by atoms with Crippen LogP contribution >= 0.6 is 11.6 Å². The fraction of sp³-hybridized carbons (Fsp3) is 0.390. The van der Waals surface area contributed by atoms with E-state index in [1.165, 1.54) is 6.20 Å². The van der Waals surface area contributed by atoms with E-state index in [2.05, 4.69) is 41.1 Å². The first kappa shape index (κ1) is 37.1. The fourth-order valence-electron chi connectivity index (χ4n) is 6.97. The zero-order valence-corrected chi connectivity index (χ0v) is 30.2.